The van der Waals surface area contributed by atoms with Crippen molar-refractivity contribution in [1.82, 2.24) is 9.62 Å². The molecule has 0 amide bonds. The van der Waals surface area contributed by atoms with E-state index in [-0.39, 0.29) is 23.3 Å². The Hall–Kier alpha value is -0.530. The number of benzene rings is 1. The summed E-state index contributed by atoms with van der Waals surface area (Å²) >= 11 is 5.96. The minimum absolute atomic E-state index is 0. The highest BCUT2D eigenvalue weighted by Gasteiger charge is 2.36. The molecule has 124 valence electrons. The van der Waals surface area contributed by atoms with Crippen molar-refractivity contribution in [2.75, 3.05) is 20.2 Å². The zero-order valence-corrected chi connectivity index (χ0v) is 14.7. The van der Waals surface area contributed by atoms with Crippen LogP contribution < -0.4 is 10.1 Å². The molecule has 2 heterocycles. The van der Waals surface area contributed by atoms with E-state index in [0.29, 0.717) is 29.9 Å². The molecule has 2 saturated heterocycles. The lowest BCUT2D eigenvalue weighted by molar-refractivity contribution is 0.373. The molecule has 3 rings (SSSR count). The van der Waals surface area contributed by atoms with Crippen LogP contribution in [0.15, 0.2) is 23.1 Å². The van der Waals surface area contributed by atoms with E-state index in [1.807, 2.05) is 0 Å². The van der Waals surface area contributed by atoms with Gasteiger partial charge in [-0.25, -0.2) is 8.42 Å². The Morgan fingerprint density at radius 1 is 1.27 bits per heavy atom. The molecule has 22 heavy (non-hydrogen) atoms. The number of sulfonamides is 1. The average Bonchev–Trinajstić information content (AvgIpc) is 2.77. The van der Waals surface area contributed by atoms with Crippen molar-refractivity contribution in [2.45, 2.75) is 36.2 Å². The van der Waals surface area contributed by atoms with E-state index >= 15 is 0 Å². The van der Waals surface area contributed by atoms with Gasteiger partial charge in [0.1, 0.15) is 10.6 Å². The highest BCUT2D eigenvalue weighted by molar-refractivity contribution is 7.89. The summed E-state index contributed by atoms with van der Waals surface area (Å²) in [6, 6.07) is 5.38. The first-order valence-electron chi connectivity index (χ1n) is 7.10. The number of nitrogens with one attached hydrogen (secondary N) is 1. The molecule has 2 fully saturated rings. The fraction of sp³-hybridized carbons (Fsp3) is 0.571. The summed E-state index contributed by atoms with van der Waals surface area (Å²) in [5.41, 5.74) is 0. The maximum Gasteiger partial charge on any atom is 0.246 e. The van der Waals surface area contributed by atoms with Crippen molar-refractivity contribution in [3.8, 4) is 5.75 Å². The van der Waals surface area contributed by atoms with Crippen LogP contribution in [0.2, 0.25) is 5.02 Å². The van der Waals surface area contributed by atoms with Gasteiger partial charge in [0, 0.05) is 30.2 Å². The second kappa shape index (κ2) is 6.93. The summed E-state index contributed by atoms with van der Waals surface area (Å²) in [4.78, 5) is 0.148. The second-order valence-electron chi connectivity index (χ2n) is 5.58. The molecule has 0 saturated carbocycles. The topological polar surface area (TPSA) is 58.6 Å². The van der Waals surface area contributed by atoms with Crippen LogP contribution in [0.3, 0.4) is 0 Å². The molecule has 1 aromatic carbocycles. The maximum absolute atomic E-state index is 12.9. The highest BCUT2D eigenvalue weighted by atomic mass is 35.5. The first-order valence-corrected chi connectivity index (χ1v) is 8.92. The van der Waals surface area contributed by atoms with Crippen LogP contribution in [0, 0.1) is 0 Å². The molecule has 2 aliphatic heterocycles. The fourth-order valence-electron chi connectivity index (χ4n) is 3.12. The number of hydrogen-bond donors (Lipinski definition) is 1. The highest BCUT2D eigenvalue weighted by Crippen LogP contribution is 2.31. The maximum atomic E-state index is 12.9. The lowest BCUT2D eigenvalue weighted by atomic mass is 10.1. The van der Waals surface area contributed by atoms with Gasteiger partial charge < -0.3 is 10.1 Å². The minimum Gasteiger partial charge on any atom is -0.495 e. The first kappa shape index (κ1) is 17.8. The zero-order valence-electron chi connectivity index (χ0n) is 12.3. The van der Waals surface area contributed by atoms with Crippen LogP contribution >= 0.6 is 24.0 Å². The van der Waals surface area contributed by atoms with Crippen LogP contribution in [-0.4, -0.2) is 45.0 Å². The van der Waals surface area contributed by atoms with Crippen molar-refractivity contribution < 1.29 is 13.2 Å². The van der Waals surface area contributed by atoms with E-state index in [9.17, 15) is 8.42 Å². The standard InChI is InChI=1S/C14H19ClN2O3S.ClH/c1-20-13-5-2-10(15)8-14(13)21(18,19)17-7-6-11-3-4-12(9-17)16-11;/h2,5,8,11-12,16H,3-4,6-7,9H2,1H3;1H. The molecule has 2 atom stereocenters. The minimum atomic E-state index is -3.59. The number of ether oxygens (including phenoxy) is 1. The molecular formula is C14H20Cl2N2O3S. The molecule has 1 aromatic rings. The predicted molar refractivity (Wildman–Crippen MR) is 88.6 cm³/mol. The van der Waals surface area contributed by atoms with Crippen LogP contribution in [0.1, 0.15) is 19.3 Å². The Kier molecular flexibility index (Phi) is 5.61. The Morgan fingerprint density at radius 3 is 2.73 bits per heavy atom. The molecule has 2 aliphatic rings. The van der Waals surface area contributed by atoms with E-state index in [1.165, 1.54) is 13.2 Å². The van der Waals surface area contributed by atoms with Crippen LogP contribution in [0.4, 0.5) is 0 Å². The average molecular weight is 367 g/mol. The Balaban J connectivity index is 0.00000176. The smallest absolute Gasteiger partial charge is 0.246 e. The van der Waals surface area contributed by atoms with Gasteiger partial charge in [-0.3, -0.25) is 0 Å². The van der Waals surface area contributed by atoms with Crippen molar-refractivity contribution in [3.05, 3.63) is 23.2 Å². The van der Waals surface area contributed by atoms with Crippen molar-refractivity contribution >= 4 is 34.0 Å². The Bertz CT molecular complexity index is 639. The van der Waals surface area contributed by atoms with Gasteiger partial charge in [0.05, 0.1) is 7.11 Å². The summed E-state index contributed by atoms with van der Waals surface area (Å²) in [6.45, 7) is 1.04. The van der Waals surface area contributed by atoms with Gasteiger partial charge in [-0.15, -0.1) is 12.4 Å². The third-order valence-corrected chi connectivity index (χ3v) is 6.35. The third kappa shape index (κ3) is 3.36. The van der Waals surface area contributed by atoms with Crippen LogP contribution in [0.25, 0.3) is 0 Å². The molecule has 5 nitrogen and oxygen atoms in total. The molecule has 0 aliphatic carbocycles. The van der Waals surface area contributed by atoms with Gasteiger partial charge in [-0.05, 0) is 37.5 Å². The molecule has 0 radical (unpaired) electrons. The second-order valence-corrected chi connectivity index (χ2v) is 7.93. The number of hydrogen-bond acceptors (Lipinski definition) is 4. The van der Waals surface area contributed by atoms with Crippen molar-refractivity contribution in [2.24, 2.45) is 0 Å². The molecule has 0 aromatic heterocycles. The number of fused-ring (bicyclic) bond motifs is 2. The summed E-state index contributed by atoms with van der Waals surface area (Å²) in [5.74, 6) is 0.335. The lowest BCUT2D eigenvalue weighted by Gasteiger charge is -2.24. The summed E-state index contributed by atoms with van der Waals surface area (Å²) in [7, 11) is -2.12. The van der Waals surface area contributed by atoms with E-state index in [2.05, 4.69) is 5.32 Å². The summed E-state index contributed by atoms with van der Waals surface area (Å²) in [6.07, 6.45) is 3.01. The SMILES string of the molecule is COc1ccc(Cl)cc1S(=O)(=O)N1CCC2CCC(C1)N2.Cl. The number of nitrogens with zero attached hydrogens (tertiary/aromatic N) is 1. The zero-order chi connectivity index (χ0) is 15.0. The van der Waals surface area contributed by atoms with Crippen molar-refractivity contribution in [3.63, 3.8) is 0 Å². The molecule has 2 bridgehead atoms. The Labute approximate surface area is 142 Å². The Morgan fingerprint density at radius 2 is 2.00 bits per heavy atom. The number of rotatable bonds is 3. The van der Waals surface area contributed by atoms with Gasteiger partial charge in [-0.1, -0.05) is 11.6 Å². The molecular weight excluding hydrogens is 347 g/mol. The summed E-state index contributed by atoms with van der Waals surface area (Å²) in [5, 5.41) is 3.88. The quantitative estimate of drug-likeness (QED) is 0.891. The predicted octanol–water partition coefficient (Wildman–Crippen LogP) is 2.29. The third-order valence-electron chi connectivity index (χ3n) is 4.23. The van der Waals surface area contributed by atoms with E-state index in [0.717, 1.165) is 19.3 Å². The largest absolute Gasteiger partial charge is 0.495 e. The lowest BCUT2D eigenvalue weighted by Crippen LogP contribution is -2.39. The van der Waals surface area contributed by atoms with Gasteiger partial charge >= 0.3 is 0 Å². The van der Waals surface area contributed by atoms with Gasteiger partial charge in [-0.2, -0.15) is 4.31 Å². The van der Waals surface area contributed by atoms with Crippen molar-refractivity contribution in [1.29, 1.82) is 0 Å². The monoisotopic (exact) mass is 366 g/mol. The van der Waals surface area contributed by atoms with E-state index in [1.54, 1.807) is 16.4 Å². The van der Waals surface area contributed by atoms with Gasteiger partial charge in [0.25, 0.3) is 0 Å². The normalized spacial score (nSPS) is 25.4. The molecule has 1 N–H and O–H groups in total. The van der Waals surface area contributed by atoms with Gasteiger partial charge in [0.15, 0.2) is 0 Å². The molecule has 2 unspecified atom stereocenters. The van der Waals surface area contributed by atoms with Crippen LogP contribution in [-0.2, 0) is 10.0 Å². The number of halogens is 2. The van der Waals surface area contributed by atoms with Crippen LogP contribution in [0.5, 0.6) is 5.75 Å². The van der Waals surface area contributed by atoms with E-state index in [4.69, 9.17) is 16.3 Å². The first-order chi connectivity index (χ1) is 10.0. The number of methoxy groups -OCH3 is 1. The molecule has 0 spiro atoms. The summed E-state index contributed by atoms with van der Waals surface area (Å²) < 4.78 is 32.6. The fourth-order valence-corrected chi connectivity index (χ4v) is 5.04. The molecule has 8 heteroatoms. The van der Waals surface area contributed by atoms with Gasteiger partial charge in [0.2, 0.25) is 10.0 Å². The van der Waals surface area contributed by atoms with E-state index < -0.39 is 10.0 Å².